The van der Waals surface area contributed by atoms with E-state index in [0.29, 0.717) is 45.0 Å². The van der Waals surface area contributed by atoms with Gasteiger partial charge < -0.3 is 29.0 Å². The molecule has 410 valence electrons. The highest BCUT2D eigenvalue weighted by molar-refractivity contribution is 5.96. The third-order valence-electron chi connectivity index (χ3n) is 14.6. The molecule has 1 aliphatic heterocycles. The zero-order valence-electron chi connectivity index (χ0n) is 45.7. The molecule has 0 aromatic heterocycles. The SMILES string of the molecule is C=CC(=O)OCCCCCCOc1ccc(-c2ccc(C(=O)N3CCC[C@H]3C(O)(c3ccc4ccccc4c3)c3ccc4ccccc4c3)cc2)cc1.C=CC(=O)OCCCCCCOc1ccc(-c2ccc(C(C)=O)cc2)cc1. The molecule has 1 N–H and O–H groups in total. The maximum Gasteiger partial charge on any atom is 0.330 e. The smallest absolute Gasteiger partial charge is 0.330 e. The van der Waals surface area contributed by atoms with Crippen LogP contribution in [0.3, 0.4) is 0 Å². The molecule has 1 atom stereocenters. The van der Waals surface area contributed by atoms with E-state index < -0.39 is 11.6 Å². The zero-order valence-corrected chi connectivity index (χ0v) is 45.7. The molecule has 1 heterocycles. The molecule has 0 spiro atoms. The Hall–Kier alpha value is -8.60. The van der Waals surface area contributed by atoms with Gasteiger partial charge in [-0.05, 0) is 175 Å². The molecule has 8 aromatic rings. The first-order valence-corrected chi connectivity index (χ1v) is 27.8. The van der Waals surface area contributed by atoms with Gasteiger partial charge in [0.05, 0.1) is 32.5 Å². The Bertz CT molecular complexity index is 3270. The number of benzene rings is 8. The van der Waals surface area contributed by atoms with Crippen molar-refractivity contribution in [1.29, 1.82) is 0 Å². The number of carbonyl (C=O) groups excluding carboxylic acids is 4. The van der Waals surface area contributed by atoms with Gasteiger partial charge in [-0.3, -0.25) is 9.59 Å². The fourth-order valence-electron chi connectivity index (χ4n) is 10.2. The van der Waals surface area contributed by atoms with E-state index in [1.165, 1.54) is 12.2 Å². The van der Waals surface area contributed by atoms with Crippen LogP contribution in [0.15, 0.2) is 207 Å². The molecule has 1 amide bonds. The summed E-state index contributed by atoms with van der Waals surface area (Å²) in [5, 5.41) is 17.4. The standard InChI is InChI=1S/C47H45NO5.C23H26O4/c1-2-45(49)53-31-10-4-3-9-30-52-43-27-23-37(24-28-43)36-17-19-38(20-18-36)46(50)48-29-11-16-44(48)47(51,41-25-21-34-12-5-7-14-39(34)32-41)42-26-22-35-13-6-8-15-40(35)33-42;1-3-23(25)27-17-7-5-4-6-16-26-22-14-12-21(13-15-22)20-10-8-19(9-11-20)18(2)24/h2,5-8,12-15,17-28,32-33,44,51H,1,3-4,9-11,16,29-31H2;3,8-15H,1,4-7,16-17H2,2H3/t44-;/m0./s1. The minimum absolute atomic E-state index is 0.0723. The molecule has 1 fully saturated rings. The minimum Gasteiger partial charge on any atom is -0.494 e. The van der Waals surface area contributed by atoms with E-state index in [0.717, 1.165) is 130 Å². The van der Waals surface area contributed by atoms with E-state index in [2.05, 4.69) is 61.7 Å². The van der Waals surface area contributed by atoms with E-state index in [1.807, 2.05) is 138 Å². The lowest BCUT2D eigenvalue weighted by Gasteiger charge is -2.40. The minimum atomic E-state index is -1.42. The first kappa shape index (κ1) is 57.6. The van der Waals surface area contributed by atoms with Crippen LogP contribution in [0.5, 0.6) is 11.5 Å². The normalized spacial score (nSPS) is 13.0. The lowest BCUT2D eigenvalue weighted by atomic mass is 9.77. The summed E-state index contributed by atoms with van der Waals surface area (Å²) in [4.78, 5) is 49.5. The molecule has 10 heteroatoms. The summed E-state index contributed by atoms with van der Waals surface area (Å²) >= 11 is 0. The molecular weight excluding hydrogens is 999 g/mol. The van der Waals surface area contributed by atoms with Crippen LogP contribution in [0, 0.1) is 0 Å². The Morgan fingerprint density at radius 1 is 0.500 bits per heavy atom. The van der Waals surface area contributed by atoms with Crippen molar-refractivity contribution in [2.75, 3.05) is 33.0 Å². The Kier molecular flexibility index (Phi) is 20.8. The first-order valence-electron chi connectivity index (χ1n) is 27.8. The van der Waals surface area contributed by atoms with Gasteiger partial charge in [0.1, 0.15) is 17.1 Å². The van der Waals surface area contributed by atoms with Gasteiger partial charge in [0, 0.05) is 29.8 Å². The number of esters is 2. The highest BCUT2D eigenvalue weighted by atomic mass is 16.5. The van der Waals surface area contributed by atoms with Crippen molar-refractivity contribution in [2.45, 2.75) is 82.8 Å². The second-order valence-electron chi connectivity index (χ2n) is 20.1. The highest BCUT2D eigenvalue weighted by Crippen LogP contribution is 2.43. The van der Waals surface area contributed by atoms with Crippen LogP contribution in [-0.4, -0.2) is 72.6 Å². The number of hydrogen-bond acceptors (Lipinski definition) is 9. The number of carbonyl (C=O) groups is 4. The third-order valence-corrected chi connectivity index (χ3v) is 14.6. The second kappa shape index (κ2) is 28.9. The average molecular weight is 1070 g/mol. The quantitative estimate of drug-likeness (QED) is 0.0257. The van der Waals surface area contributed by atoms with E-state index in [-0.39, 0.29) is 23.6 Å². The second-order valence-corrected chi connectivity index (χ2v) is 20.1. The van der Waals surface area contributed by atoms with Crippen LogP contribution in [0.1, 0.15) is 103 Å². The van der Waals surface area contributed by atoms with Crippen LogP contribution in [0.4, 0.5) is 0 Å². The van der Waals surface area contributed by atoms with Crippen LogP contribution < -0.4 is 9.47 Å². The molecule has 1 saturated heterocycles. The molecule has 9 rings (SSSR count). The van der Waals surface area contributed by atoms with Gasteiger partial charge in [0.25, 0.3) is 5.91 Å². The Labute approximate surface area is 470 Å². The molecule has 0 aliphatic carbocycles. The van der Waals surface area contributed by atoms with Gasteiger partial charge in [-0.15, -0.1) is 0 Å². The topological polar surface area (TPSA) is 129 Å². The van der Waals surface area contributed by atoms with Crippen molar-refractivity contribution in [2.24, 2.45) is 0 Å². The van der Waals surface area contributed by atoms with Gasteiger partial charge in [-0.25, -0.2) is 9.59 Å². The number of ether oxygens (including phenoxy) is 4. The summed E-state index contributed by atoms with van der Waals surface area (Å²) < 4.78 is 21.6. The number of hydrogen-bond donors (Lipinski definition) is 1. The number of aliphatic hydroxyl groups is 1. The van der Waals surface area contributed by atoms with Crippen LogP contribution in [-0.2, 0) is 24.7 Å². The number of amides is 1. The Morgan fingerprint density at radius 2 is 0.887 bits per heavy atom. The van der Waals surface area contributed by atoms with Crippen LogP contribution in [0.2, 0.25) is 0 Å². The van der Waals surface area contributed by atoms with Crippen molar-refractivity contribution in [3.05, 3.63) is 230 Å². The summed E-state index contributed by atoms with van der Waals surface area (Å²) in [7, 11) is 0. The molecule has 80 heavy (non-hydrogen) atoms. The molecular formula is C70H71NO9. The maximum absolute atomic E-state index is 14.3. The summed E-state index contributed by atoms with van der Waals surface area (Å²) in [6.07, 6.45) is 11.4. The molecule has 0 saturated carbocycles. The highest BCUT2D eigenvalue weighted by Gasteiger charge is 2.47. The summed E-state index contributed by atoms with van der Waals surface area (Å²) in [6.45, 7) is 11.0. The molecule has 1 aliphatic rings. The Morgan fingerprint density at radius 3 is 1.30 bits per heavy atom. The number of Topliss-reactive ketones (excluding diaryl/α,β-unsaturated/α-hetero) is 1. The number of unbranched alkanes of at least 4 members (excludes halogenated alkanes) is 6. The maximum atomic E-state index is 14.3. The number of nitrogens with zero attached hydrogens (tertiary/aromatic N) is 1. The van der Waals surface area contributed by atoms with Crippen LogP contribution in [0.25, 0.3) is 43.8 Å². The number of likely N-dealkylation sites (tertiary alicyclic amines) is 1. The number of fused-ring (bicyclic) bond motifs is 2. The van der Waals surface area contributed by atoms with E-state index in [9.17, 15) is 24.3 Å². The van der Waals surface area contributed by atoms with Gasteiger partial charge in [-0.1, -0.05) is 147 Å². The molecule has 8 aromatic carbocycles. The van der Waals surface area contributed by atoms with E-state index in [4.69, 9.17) is 18.9 Å². The fourth-order valence-corrected chi connectivity index (χ4v) is 10.2. The number of rotatable bonds is 25. The van der Waals surface area contributed by atoms with E-state index in [1.54, 1.807) is 6.92 Å². The lowest BCUT2D eigenvalue weighted by molar-refractivity contribution is -0.138. The van der Waals surface area contributed by atoms with E-state index >= 15 is 0 Å². The fraction of sp³-hybridized carbons (Fsp3) is 0.257. The van der Waals surface area contributed by atoms with Crippen molar-refractivity contribution in [3.63, 3.8) is 0 Å². The summed E-state index contributed by atoms with van der Waals surface area (Å²) in [5.41, 5.74) is 5.65. The van der Waals surface area contributed by atoms with Crippen molar-refractivity contribution in [1.82, 2.24) is 4.90 Å². The predicted molar refractivity (Wildman–Crippen MR) is 319 cm³/mol. The van der Waals surface area contributed by atoms with Crippen molar-refractivity contribution in [3.8, 4) is 33.8 Å². The molecule has 0 bridgehead atoms. The first-order chi connectivity index (χ1) is 39.0. The predicted octanol–water partition coefficient (Wildman–Crippen LogP) is 15.1. The molecule has 0 unspecified atom stereocenters. The van der Waals surface area contributed by atoms with Crippen molar-refractivity contribution >= 4 is 45.2 Å². The Balaban J connectivity index is 0.000000262. The van der Waals surface area contributed by atoms with Gasteiger partial charge >= 0.3 is 11.9 Å². The zero-order chi connectivity index (χ0) is 56.1. The third kappa shape index (κ3) is 15.4. The summed E-state index contributed by atoms with van der Waals surface area (Å²) in [5.74, 6) is 0.905. The van der Waals surface area contributed by atoms with Crippen LogP contribution >= 0.6 is 0 Å². The van der Waals surface area contributed by atoms with Gasteiger partial charge in [-0.2, -0.15) is 0 Å². The summed E-state index contributed by atoms with van der Waals surface area (Å²) in [6, 6.07) is 59.5. The number of ketones is 1. The van der Waals surface area contributed by atoms with Gasteiger partial charge in [0.2, 0.25) is 0 Å². The molecule has 0 radical (unpaired) electrons. The largest absolute Gasteiger partial charge is 0.494 e. The lowest BCUT2D eigenvalue weighted by Crippen LogP contribution is -2.50. The van der Waals surface area contributed by atoms with Gasteiger partial charge in [0.15, 0.2) is 5.78 Å². The average Bonchev–Trinajstić information content (AvgIpc) is 4.09. The van der Waals surface area contributed by atoms with Crippen molar-refractivity contribution < 1.29 is 43.2 Å². The molecule has 10 nitrogen and oxygen atoms in total. The monoisotopic (exact) mass is 1070 g/mol.